The third kappa shape index (κ3) is 5.97. The van der Waals surface area contributed by atoms with E-state index < -0.39 is 5.97 Å². The first kappa shape index (κ1) is 17.2. The number of rotatable bonds is 9. The Hall–Kier alpha value is -1.85. The van der Waals surface area contributed by atoms with Gasteiger partial charge in [0.05, 0.1) is 5.84 Å². The number of nitrogens with two attached hydrogens (primary N) is 1. The molecule has 6 heteroatoms. The number of hydrogen-bond donors (Lipinski definition) is 4. The van der Waals surface area contributed by atoms with E-state index in [1.165, 1.54) is 0 Å². The minimum atomic E-state index is -1.11. The first-order valence-corrected chi connectivity index (χ1v) is 7.31. The lowest BCUT2D eigenvalue weighted by Crippen LogP contribution is -2.29. The van der Waals surface area contributed by atoms with Crippen LogP contribution in [-0.4, -0.2) is 22.8 Å². The van der Waals surface area contributed by atoms with Gasteiger partial charge in [-0.1, -0.05) is 26.3 Å². The third-order valence-electron chi connectivity index (χ3n) is 3.82. The maximum absolute atomic E-state index is 11.9. The molecule has 0 heterocycles. The van der Waals surface area contributed by atoms with Gasteiger partial charge in [-0.3, -0.25) is 10.2 Å². The highest BCUT2D eigenvalue weighted by Gasteiger charge is 2.50. The van der Waals surface area contributed by atoms with Crippen molar-refractivity contribution in [3.05, 3.63) is 11.8 Å². The normalized spacial score (nSPS) is 19.9. The number of carboxylic acid groups (broad SMARTS) is 1. The number of amides is 1. The molecule has 1 rings (SSSR count). The molecule has 1 aliphatic carbocycles. The van der Waals surface area contributed by atoms with Crippen LogP contribution in [0.4, 0.5) is 0 Å². The highest BCUT2D eigenvalue weighted by molar-refractivity contribution is 5.94. The molecule has 1 saturated carbocycles. The molecule has 0 aromatic carbocycles. The number of carboxylic acids is 1. The Morgan fingerprint density at radius 3 is 2.48 bits per heavy atom. The topological polar surface area (TPSA) is 116 Å². The lowest BCUT2D eigenvalue weighted by atomic mass is 10.1. The van der Waals surface area contributed by atoms with Crippen LogP contribution in [0.5, 0.6) is 0 Å². The van der Waals surface area contributed by atoms with Crippen LogP contribution in [0.2, 0.25) is 0 Å². The average Bonchev–Trinajstić information content (AvgIpc) is 3.00. The van der Waals surface area contributed by atoms with Crippen LogP contribution in [-0.2, 0) is 9.59 Å². The number of carbonyl (C=O) groups is 2. The summed E-state index contributed by atoms with van der Waals surface area (Å²) >= 11 is 0. The van der Waals surface area contributed by atoms with Gasteiger partial charge in [0.2, 0.25) is 5.91 Å². The summed E-state index contributed by atoms with van der Waals surface area (Å²) in [6, 6.07) is 0. The molecule has 0 radical (unpaired) electrons. The zero-order valence-electron chi connectivity index (χ0n) is 12.7. The van der Waals surface area contributed by atoms with Crippen molar-refractivity contribution < 1.29 is 14.7 Å². The number of amidine groups is 1. The summed E-state index contributed by atoms with van der Waals surface area (Å²) in [5.41, 5.74) is 5.21. The Kier molecular flexibility index (Phi) is 5.93. The lowest BCUT2D eigenvalue weighted by Gasteiger charge is -2.07. The maximum Gasteiger partial charge on any atom is 0.352 e. The second kappa shape index (κ2) is 7.24. The van der Waals surface area contributed by atoms with Crippen LogP contribution < -0.4 is 11.1 Å². The highest BCUT2D eigenvalue weighted by atomic mass is 16.4. The molecule has 118 valence electrons. The highest BCUT2D eigenvalue weighted by Crippen LogP contribution is 2.51. The zero-order valence-corrected chi connectivity index (χ0v) is 12.7. The molecule has 0 saturated heterocycles. The monoisotopic (exact) mass is 295 g/mol. The SMILES string of the molecule is CC1(C)CC1C(=O)N/C(=C\CCCCCC(=N)N)C(=O)O. The summed E-state index contributed by atoms with van der Waals surface area (Å²) in [4.78, 5) is 23.0. The van der Waals surface area contributed by atoms with E-state index in [1.54, 1.807) is 6.08 Å². The molecule has 1 unspecified atom stereocenters. The molecule has 6 nitrogen and oxygen atoms in total. The van der Waals surface area contributed by atoms with Crippen molar-refractivity contribution in [2.24, 2.45) is 17.1 Å². The first-order chi connectivity index (χ1) is 9.74. The fraction of sp³-hybridized carbons (Fsp3) is 0.667. The third-order valence-corrected chi connectivity index (χ3v) is 3.82. The molecule has 5 N–H and O–H groups in total. The fourth-order valence-corrected chi connectivity index (χ4v) is 2.21. The van der Waals surface area contributed by atoms with E-state index in [0.29, 0.717) is 12.8 Å². The van der Waals surface area contributed by atoms with Gasteiger partial charge in [-0.2, -0.15) is 0 Å². The molecule has 1 atom stereocenters. The predicted molar refractivity (Wildman–Crippen MR) is 80.7 cm³/mol. The number of unbranched alkanes of at least 4 members (excludes halogenated alkanes) is 3. The Morgan fingerprint density at radius 1 is 1.38 bits per heavy atom. The number of nitrogens with one attached hydrogen (secondary N) is 2. The second-order valence-corrected chi connectivity index (χ2v) is 6.28. The van der Waals surface area contributed by atoms with Gasteiger partial charge in [0, 0.05) is 12.3 Å². The first-order valence-electron chi connectivity index (χ1n) is 7.31. The summed E-state index contributed by atoms with van der Waals surface area (Å²) in [5.74, 6) is -1.22. The molecule has 1 fully saturated rings. The van der Waals surface area contributed by atoms with Gasteiger partial charge < -0.3 is 16.2 Å². The largest absolute Gasteiger partial charge is 0.477 e. The van der Waals surface area contributed by atoms with Crippen molar-refractivity contribution in [3.8, 4) is 0 Å². The minimum Gasteiger partial charge on any atom is -0.477 e. The quantitative estimate of drug-likeness (QED) is 0.225. The molecular weight excluding hydrogens is 270 g/mol. The molecule has 21 heavy (non-hydrogen) atoms. The Morgan fingerprint density at radius 2 is 2.00 bits per heavy atom. The molecule has 0 aliphatic heterocycles. The summed E-state index contributed by atoms with van der Waals surface area (Å²) in [6.45, 7) is 3.99. The van der Waals surface area contributed by atoms with Gasteiger partial charge >= 0.3 is 5.97 Å². The van der Waals surface area contributed by atoms with Crippen molar-refractivity contribution in [2.45, 2.75) is 52.4 Å². The van der Waals surface area contributed by atoms with Crippen LogP contribution in [0.15, 0.2) is 11.8 Å². The van der Waals surface area contributed by atoms with Crippen molar-refractivity contribution >= 4 is 17.7 Å². The summed E-state index contributed by atoms with van der Waals surface area (Å²) < 4.78 is 0. The Balaban J connectivity index is 2.35. The van der Waals surface area contributed by atoms with E-state index in [-0.39, 0.29) is 28.8 Å². The molecule has 0 aromatic heterocycles. The van der Waals surface area contributed by atoms with Gasteiger partial charge in [-0.15, -0.1) is 0 Å². The number of carbonyl (C=O) groups excluding carboxylic acids is 1. The second-order valence-electron chi connectivity index (χ2n) is 6.28. The summed E-state index contributed by atoms with van der Waals surface area (Å²) in [7, 11) is 0. The van der Waals surface area contributed by atoms with Crippen molar-refractivity contribution in [3.63, 3.8) is 0 Å². The van der Waals surface area contributed by atoms with E-state index >= 15 is 0 Å². The van der Waals surface area contributed by atoms with Crippen LogP contribution in [0.1, 0.15) is 52.4 Å². The Labute approximate surface area is 125 Å². The van der Waals surface area contributed by atoms with E-state index in [0.717, 1.165) is 25.7 Å². The van der Waals surface area contributed by atoms with E-state index in [1.807, 2.05) is 13.8 Å². The molecule has 0 bridgehead atoms. The maximum atomic E-state index is 11.9. The van der Waals surface area contributed by atoms with E-state index in [2.05, 4.69) is 5.32 Å². The molecular formula is C15H25N3O3. The van der Waals surface area contributed by atoms with Gasteiger partial charge in [-0.05, 0) is 31.1 Å². The lowest BCUT2D eigenvalue weighted by molar-refractivity contribution is -0.135. The summed E-state index contributed by atoms with van der Waals surface area (Å²) in [5, 5.41) is 18.7. The van der Waals surface area contributed by atoms with Gasteiger partial charge in [0.25, 0.3) is 0 Å². The average molecular weight is 295 g/mol. The standard InChI is InChI=1S/C15H25N3O3/c1-15(2)9-10(15)13(19)18-11(14(20)21)7-5-3-4-6-8-12(16)17/h7,10H,3-6,8-9H2,1-2H3,(H3,16,17)(H,18,19)(H,20,21)/b11-7-. The van der Waals surface area contributed by atoms with Gasteiger partial charge in [-0.25, -0.2) is 4.79 Å². The number of allylic oxidation sites excluding steroid dienone is 1. The van der Waals surface area contributed by atoms with Crippen LogP contribution in [0, 0.1) is 16.7 Å². The van der Waals surface area contributed by atoms with Crippen molar-refractivity contribution in [1.29, 1.82) is 5.41 Å². The Bertz CT molecular complexity index is 455. The zero-order chi connectivity index (χ0) is 16.0. The van der Waals surface area contributed by atoms with Crippen LogP contribution in [0.3, 0.4) is 0 Å². The number of aliphatic carboxylic acids is 1. The molecule has 0 spiro atoms. The molecule has 0 aromatic rings. The van der Waals surface area contributed by atoms with Crippen molar-refractivity contribution in [2.75, 3.05) is 0 Å². The molecule has 1 aliphatic rings. The van der Waals surface area contributed by atoms with Gasteiger partial charge in [0.1, 0.15) is 5.70 Å². The van der Waals surface area contributed by atoms with E-state index in [9.17, 15) is 9.59 Å². The summed E-state index contributed by atoms with van der Waals surface area (Å²) in [6.07, 6.45) is 6.05. The van der Waals surface area contributed by atoms with Crippen LogP contribution in [0.25, 0.3) is 0 Å². The van der Waals surface area contributed by atoms with Crippen molar-refractivity contribution in [1.82, 2.24) is 5.32 Å². The van der Waals surface area contributed by atoms with Gasteiger partial charge in [0.15, 0.2) is 0 Å². The number of hydrogen-bond acceptors (Lipinski definition) is 3. The van der Waals surface area contributed by atoms with E-state index in [4.69, 9.17) is 16.2 Å². The molecule has 1 amide bonds. The minimum absolute atomic E-state index is 0.0135. The smallest absolute Gasteiger partial charge is 0.352 e. The fourth-order valence-electron chi connectivity index (χ4n) is 2.21. The predicted octanol–water partition coefficient (Wildman–Crippen LogP) is 2.00. The van der Waals surface area contributed by atoms with Crippen LogP contribution >= 0.6 is 0 Å².